The number of hydrogen-bond donors (Lipinski definition) is 1. The Balaban J connectivity index is 1.96. The summed E-state index contributed by atoms with van der Waals surface area (Å²) in [6, 6.07) is 11.2. The number of ether oxygens (including phenoxy) is 1. The number of carbonyl (C=O) groups is 3. The lowest BCUT2D eigenvalue weighted by Crippen LogP contribution is -2.50. The minimum atomic E-state index is -0.914. The predicted molar refractivity (Wildman–Crippen MR) is 107 cm³/mol. The first-order valence-corrected chi connectivity index (χ1v) is 9.31. The highest BCUT2D eigenvalue weighted by Crippen LogP contribution is 2.30. The molecule has 1 aliphatic rings. The molecule has 2 atom stereocenters. The number of hydrogen-bond acceptors (Lipinski definition) is 4. The first kappa shape index (κ1) is 19.6. The third kappa shape index (κ3) is 3.38. The molecule has 1 aliphatic heterocycles. The Bertz CT molecular complexity index is 903. The van der Waals surface area contributed by atoms with Crippen LogP contribution in [-0.4, -0.2) is 35.8 Å². The van der Waals surface area contributed by atoms with Gasteiger partial charge in [-0.05, 0) is 42.7 Å². The highest BCUT2D eigenvalue weighted by molar-refractivity contribution is 6.23. The molecule has 0 spiro atoms. The van der Waals surface area contributed by atoms with Crippen LogP contribution in [0.2, 0.25) is 0 Å². The molecule has 3 rings (SSSR count). The van der Waals surface area contributed by atoms with Gasteiger partial charge in [0, 0.05) is 0 Å². The zero-order valence-electron chi connectivity index (χ0n) is 16.5. The quantitative estimate of drug-likeness (QED) is 0.776. The van der Waals surface area contributed by atoms with Gasteiger partial charge in [0.05, 0.1) is 23.9 Å². The molecule has 0 bridgehead atoms. The molecular formula is C22H24N2O4. The van der Waals surface area contributed by atoms with E-state index in [2.05, 4.69) is 5.32 Å². The SMILES string of the molecule is CC[C@H](C)[C@@H](C(=O)Nc1cc(C)ccc1OC)N1C(=O)c2ccccc2C1=O. The summed E-state index contributed by atoms with van der Waals surface area (Å²) >= 11 is 0. The van der Waals surface area contributed by atoms with Crippen LogP contribution >= 0.6 is 0 Å². The largest absolute Gasteiger partial charge is 0.495 e. The van der Waals surface area contributed by atoms with Crippen LogP contribution in [0.3, 0.4) is 0 Å². The van der Waals surface area contributed by atoms with Crippen molar-refractivity contribution < 1.29 is 19.1 Å². The number of methoxy groups -OCH3 is 1. The van der Waals surface area contributed by atoms with Crippen LogP contribution in [0.4, 0.5) is 5.69 Å². The van der Waals surface area contributed by atoms with Crippen molar-refractivity contribution in [3.63, 3.8) is 0 Å². The second-order valence-corrected chi connectivity index (χ2v) is 7.05. The van der Waals surface area contributed by atoms with Crippen LogP contribution in [0, 0.1) is 12.8 Å². The van der Waals surface area contributed by atoms with Crippen molar-refractivity contribution >= 4 is 23.4 Å². The van der Waals surface area contributed by atoms with E-state index in [1.807, 2.05) is 26.8 Å². The van der Waals surface area contributed by atoms with Crippen LogP contribution in [0.1, 0.15) is 46.5 Å². The molecule has 6 nitrogen and oxygen atoms in total. The van der Waals surface area contributed by atoms with Crippen LogP contribution in [0.5, 0.6) is 5.75 Å². The fraction of sp³-hybridized carbons (Fsp3) is 0.318. The van der Waals surface area contributed by atoms with Gasteiger partial charge in [-0.3, -0.25) is 19.3 Å². The fourth-order valence-corrected chi connectivity index (χ4v) is 3.44. The molecule has 0 saturated carbocycles. The number of carbonyl (C=O) groups excluding carboxylic acids is 3. The van der Waals surface area contributed by atoms with Gasteiger partial charge in [-0.25, -0.2) is 0 Å². The summed E-state index contributed by atoms with van der Waals surface area (Å²) in [7, 11) is 1.52. The average molecular weight is 380 g/mol. The van der Waals surface area contributed by atoms with Gasteiger partial charge in [0.25, 0.3) is 11.8 Å². The molecule has 3 amide bonds. The number of nitrogens with zero attached hydrogens (tertiary/aromatic N) is 1. The number of anilines is 1. The molecule has 2 aromatic rings. The highest BCUT2D eigenvalue weighted by atomic mass is 16.5. The Morgan fingerprint density at radius 2 is 1.71 bits per heavy atom. The lowest BCUT2D eigenvalue weighted by atomic mass is 9.96. The number of fused-ring (bicyclic) bond motifs is 1. The summed E-state index contributed by atoms with van der Waals surface area (Å²) in [6.07, 6.45) is 0.635. The molecule has 0 aromatic heterocycles. The van der Waals surface area contributed by atoms with Crippen molar-refractivity contribution in [1.29, 1.82) is 0 Å². The molecule has 146 valence electrons. The molecule has 2 aromatic carbocycles. The second kappa shape index (κ2) is 7.84. The van der Waals surface area contributed by atoms with E-state index in [1.165, 1.54) is 7.11 Å². The van der Waals surface area contributed by atoms with Gasteiger partial charge in [0.15, 0.2) is 0 Å². The van der Waals surface area contributed by atoms with Crippen LogP contribution in [0.25, 0.3) is 0 Å². The minimum Gasteiger partial charge on any atom is -0.495 e. The zero-order chi connectivity index (χ0) is 20.4. The summed E-state index contributed by atoms with van der Waals surface area (Å²) < 4.78 is 5.32. The summed E-state index contributed by atoms with van der Waals surface area (Å²) in [6.45, 7) is 5.70. The van der Waals surface area contributed by atoms with E-state index in [1.54, 1.807) is 36.4 Å². The number of benzene rings is 2. The van der Waals surface area contributed by atoms with Crippen molar-refractivity contribution in [2.24, 2.45) is 5.92 Å². The van der Waals surface area contributed by atoms with Gasteiger partial charge in [-0.2, -0.15) is 0 Å². The first-order valence-electron chi connectivity index (χ1n) is 9.31. The molecule has 0 radical (unpaired) electrons. The maximum atomic E-state index is 13.2. The summed E-state index contributed by atoms with van der Waals surface area (Å²) in [4.78, 5) is 40.1. The van der Waals surface area contributed by atoms with Crippen molar-refractivity contribution in [3.8, 4) is 5.75 Å². The van der Waals surface area contributed by atoms with E-state index in [0.717, 1.165) is 10.5 Å². The molecule has 0 fully saturated rings. The number of nitrogens with one attached hydrogen (secondary N) is 1. The lowest BCUT2D eigenvalue weighted by Gasteiger charge is -2.30. The Hall–Kier alpha value is -3.15. The lowest BCUT2D eigenvalue weighted by molar-refractivity contribution is -0.121. The second-order valence-electron chi connectivity index (χ2n) is 7.05. The summed E-state index contributed by atoms with van der Waals surface area (Å²) in [5.74, 6) is -0.968. The first-order chi connectivity index (χ1) is 13.4. The molecule has 0 saturated heterocycles. The number of imide groups is 1. The molecule has 1 heterocycles. The topological polar surface area (TPSA) is 75.7 Å². The van der Waals surface area contributed by atoms with E-state index in [4.69, 9.17) is 4.74 Å². The molecule has 6 heteroatoms. The fourth-order valence-electron chi connectivity index (χ4n) is 3.44. The van der Waals surface area contributed by atoms with Gasteiger partial charge in [-0.15, -0.1) is 0 Å². The Morgan fingerprint density at radius 1 is 1.11 bits per heavy atom. The molecular weight excluding hydrogens is 356 g/mol. The zero-order valence-corrected chi connectivity index (χ0v) is 16.5. The van der Waals surface area contributed by atoms with Crippen molar-refractivity contribution in [3.05, 3.63) is 59.2 Å². The standard InChI is InChI=1S/C22H24N2O4/c1-5-14(3)19(20(25)23-17-12-13(2)10-11-18(17)28-4)24-21(26)15-8-6-7-9-16(15)22(24)27/h6-12,14,19H,5H2,1-4H3,(H,23,25)/t14-,19-/m0/s1. The Kier molecular flexibility index (Phi) is 5.49. The molecule has 0 aliphatic carbocycles. The van der Waals surface area contributed by atoms with Gasteiger partial charge in [0.1, 0.15) is 11.8 Å². The number of amides is 3. The van der Waals surface area contributed by atoms with E-state index < -0.39 is 23.8 Å². The van der Waals surface area contributed by atoms with Gasteiger partial charge >= 0.3 is 0 Å². The van der Waals surface area contributed by atoms with Gasteiger partial charge in [0.2, 0.25) is 5.91 Å². The molecule has 28 heavy (non-hydrogen) atoms. The summed E-state index contributed by atoms with van der Waals surface area (Å²) in [5.41, 5.74) is 2.14. The van der Waals surface area contributed by atoms with Crippen LogP contribution < -0.4 is 10.1 Å². The van der Waals surface area contributed by atoms with Crippen molar-refractivity contribution in [2.45, 2.75) is 33.2 Å². The average Bonchev–Trinajstić information content (AvgIpc) is 2.94. The summed E-state index contributed by atoms with van der Waals surface area (Å²) in [5, 5.41) is 2.85. The minimum absolute atomic E-state index is 0.210. The number of aryl methyl sites for hydroxylation is 1. The highest BCUT2D eigenvalue weighted by Gasteiger charge is 2.44. The van der Waals surface area contributed by atoms with E-state index in [-0.39, 0.29) is 5.92 Å². The Labute approximate surface area is 164 Å². The predicted octanol–water partition coefficient (Wildman–Crippen LogP) is 3.65. The van der Waals surface area contributed by atoms with Crippen LogP contribution in [-0.2, 0) is 4.79 Å². The maximum Gasteiger partial charge on any atom is 0.262 e. The van der Waals surface area contributed by atoms with Crippen molar-refractivity contribution in [2.75, 3.05) is 12.4 Å². The van der Waals surface area contributed by atoms with Crippen molar-refractivity contribution in [1.82, 2.24) is 4.90 Å². The molecule has 0 unspecified atom stereocenters. The normalized spacial score (nSPS) is 15.2. The van der Waals surface area contributed by atoms with E-state index in [0.29, 0.717) is 29.0 Å². The van der Waals surface area contributed by atoms with Gasteiger partial charge in [-0.1, -0.05) is 38.5 Å². The molecule has 1 N–H and O–H groups in total. The smallest absolute Gasteiger partial charge is 0.262 e. The third-order valence-corrected chi connectivity index (χ3v) is 5.17. The van der Waals surface area contributed by atoms with Gasteiger partial charge < -0.3 is 10.1 Å². The van der Waals surface area contributed by atoms with E-state index in [9.17, 15) is 14.4 Å². The monoisotopic (exact) mass is 380 g/mol. The maximum absolute atomic E-state index is 13.2. The Morgan fingerprint density at radius 3 is 2.25 bits per heavy atom. The van der Waals surface area contributed by atoms with E-state index >= 15 is 0 Å². The third-order valence-electron chi connectivity index (χ3n) is 5.17. The van der Waals surface area contributed by atoms with Crippen LogP contribution in [0.15, 0.2) is 42.5 Å². The number of rotatable bonds is 6.